The normalized spacial score (nSPS) is 10.9. The minimum Gasteiger partial charge on any atom is -0.497 e. The first-order valence-electron chi connectivity index (χ1n) is 17.0. The molecule has 0 aliphatic rings. The van der Waals surface area contributed by atoms with E-state index in [1.54, 1.807) is 79.9 Å². The van der Waals surface area contributed by atoms with Gasteiger partial charge in [-0.05, 0) is 92.6 Å². The predicted molar refractivity (Wildman–Crippen MR) is 190 cm³/mol. The zero-order valence-electron chi connectivity index (χ0n) is 28.9. The largest absolute Gasteiger partial charge is 0.497 e. The first-order chi connectivity index (χ1) is 23.9. The Bertz CT molecular complexity index is 1650. The summed E-state index contributed by atoms with van der Waals surface area (Å²) >= 11 is 0. The number of unbranched alkanes of at least 4 members (excludes halogenated alkanes) is 6. The monoisotopic (exact) mass is 666 g/mol. The van der Waals surface area contributed by atoms with Gasteiger partial charge in [0.15, 0.2) is 11.5 Å². The summed E-state index contributed by atoms with van der Waals surface area (Å²) in [7, 11) is 1.57. The lowest BCUT2D eigenvalue weighted by molar-refractivity contribution is 0.0720. The van der Waals surface area contributed by atoms with Gasteiger partial charge in [0.1, 0.15) is 17.2 Å². The lowest BCUT2D eigenvalue weighted by Gasteiger charge is -2.18. The quantitative estimate of drug-likeness (QED) is 0.0424. The van der Waals surface area contributed by atoms with Crippen LogP contribution in [-0.4, -0.2) is 32.3 Å². The lowest BCUT2D eigenvalue weighted by Crippen LogP contribution is -2.11. The number of ether oxygens (including phenoxy) is 5. The molecule has 4 aromatic carbocycles. The van der Waals surface area contributed by atoms with Crippen molar-refractivity contribution in [3.8, 4) is 28.7 Å². The van der Waals surface area contributed by atoms with Crippen LogP contribution in [0.3, 0.4) is 0 Å². The molecule has 258 valence electrons. The van der Waals surface area contributed by atoms with Crippen LogP contribution in [0.2, 0.25) is 0 Å². The van der Waals surface area contributed by atoms with Crippen molar-refractivity contribution >= 4 is 23.3 Å². The van der Waals surface area contributed by atoms with Gasteiger partial charge in [-0.15, -0.1) is 5.11 Å². The zero-order chi connectivity index (χ0) is 34.8. The summed E-state index contributed by atoms with van der Waals surface area (Å²) in [5.41, 5.74) is 2.87. The average Bonchev–Trinajstić information content (AvgIpc) is 3.12. The molecule has 0 amide bonds. The third-order valence-electron chi connectivity index (χ3n) is 7.68. The van der Waals surface area contributed by atoms with Gasteiger partial charge in [-0.25, -0.2) is 9.59 Å². The Hall–Kier alpha value is -5.18. The van der Waals surface area contributed by atoms with Crippen LogP contribution >= 0.6 is 0 Å². The first-order valence-corrected chi connectivity index (χ1v) is 17.0. The number of nitrogens with zero attached hydrogens (tertiary/aromatic N) is 2. The molecule has 9 heteroatoms. The van der Waals surface area contributed by atoms with E-state index in [1.165, 1.54) is 0 Å². The average molecular weight is 667 g/mol. The van der Waals surface area contributed by atoms with Crippen LogP contribution < -0.4 is 23.7 Å². The molecule has 0 aliphatic carbocycles. The van der Waals surface area contributed by atoms with Gasteiger partial charge in [0.2, 0.25) is 5.75 Å². The molecule has 49 heavy (non-hydrogen) atoms. The van der Waals surface area contributed by atoms with E-state index >= 15 is 0 Å². The van der Waals surface area contributed by atoms with Crippen molar-refractivity contribution in [2.24, 2.45) is 10.2 Å². The molecule has 0 spiro atoms. The summed E-state index contributed by atoms with van der Waals surface area (Å²) in [6.45, 7) is 7.13. The summed E-state index contributed by atoms with van der Waals surface area (Å²) in [6, 6.07) is 24.0. The number of aryl methyl sites for hydroxylation is 1. The fourth-order valence-corrected chi connectivity index (χ4v) is 4.81. The number of carbonyl (C=O) groups excluding carboxylic acids is 2. The van der Waals surface area contributed by atoms with E-state index in [4.69, 9.17) is 23.7 Å². The number of rotatable bonds is 19. The number of esters is 2. The van der Waals surface area contributed by atoms with E-state index in [0.717, 1.165) is 56.9 Å². The van der Waals surface area contributed by atoms with E-state index in [-0.39, 0.29) is 5.75 Å². The molecule has 0 saturated heterocycles. The van der Waals surface area contributed by atoms with Crippen molar-refractivity contribution in [1.82, 2.24) is 0 Å². The molecule has 0 fully saturated rings. The topological polar surface area (TPSA) is 105 Å². The third kappa shape index (κ3) is 11.5. The Morgan fingerprint density at radius 2 is 1.12 bits per heavy atom. The molecule has 4 rings (SSSR count). The molecule has 0 N–H and O–H groups in total. The summed E-state index contributed by atoms with van der Waals surface area (Å²) in [6.07, 6.45) is 8.12. The predicted octanol–water partition coefficient (Wildman–Crippen LogP) is 10.8. The van der Waals surface area contributed by atoms with Crippen LogP contribution in [0.1, 0.15) is 91.5 Å². The summed E-state index contributed by atoms with van der Waals surface area (Å²) < 4.78 is 29.2. The first kappa shape index (κ1) is 36.7. The van der Waals surface area contributed by atoms with Crippen molar-refractivity contribution < 1.29 is 33.3 Å². The number of benzene rings is 4. The Morgan fingerprint density at radius 1 is 0.571 bits per heavy atom. The molecule has 9 nitrogen and oxygen atoms in total. The molecule has 0 heterocycles. The fraction of sp³-hybridized carbons (Fsp3) is 0.350. The van der Waals surface area contributed by atoms with E-state index in [9.17, 15) is 9.59 Å². The molecule has 0 aromatic heterocycles. The molecule has 0 saturated carbocycles. The minimum absolute atomic E-state index is 0.235. The van der Waals surface area contributed by atoms with Crippen LogP contribution in [0.4, 0.5) is 11.4 Å². The fourth-order valence-electron chi connectivity index (χ4n) is 4.81. The van der Waals surface area contributed by atoms with Gasteiger partial charge < -0.3 is 23.7 Å². The molecular formula is C40H46N2O7. The van der Waals surface area contributed by atoms with E-state index in [1.807, 2.05) is 19.1 Å². The zero-order valence-corrected chi connectivity index (χ0v) is 28.9. The second kappa shape index (κ2) is 19.6. The van der Waals surface area contributed by atoms with Crippen molar-refractivity contribution in [1.29, 1.82) is 0 Å². The minimum atomic E-state index is -0.537. The van der Waals surface area contributed by atoms with Gasteiger partial charge in [-0.2, -0.15) is 5.11 Å². The number of methoxy groups -OCH3 is 1. The molecule has 0 radical (unpaired) electrons. The number of carbonyl (C=O) groups is 2. The summed E-state index contributed by atoms with van der Waals surface area (Å²) in [5, 5.41) is 8.94. The maximum atomic E-state index is 13.2. The molecule has 0 bridgehead atoms. The van der Waals surface area contributed by atoms with Gasteiger partial charge in [0, 0.05) is 0 Å². The standard InChI is InChI=1S/C40H46N2O7/c1-5-7-9-11-27-46-37-35(42-41-32-19-23-34(24-20-32)48-39(43)30-15-13-29(3)14-16-30)25-26-36(38(37)47-28-12-10-8-6-2)49-40(44)31-17-21-33(45-4)22-18-31/h13-26H,5-12,27-28H2,1-4H3. The number of hydrogen-bond donors (Lipinski definition) is 0. The highest BCUT2D eigenvalue weighted by Crippen LogP contribution is 2.45. The summed E-state index contributed by atoms with van der Waals surface area (Å²) in [4.78, 5) is 25.7. The highest BCUT2D eigenvalue weighted by atomic mass is 16.6. The maximum absolute atomic E-state index is 13.2. The third-order valence-corrected chi connectivity index (χ3v) is 7.68. The van der Waals surface area contributed by atoms with Crippen molar-refractivity contribution in [3.05, 3.63) is 102 Å². The van der Waals surface area contributed by atoms with Crippen molar-refractivity contribution in [2.75, 3.05) is 20.3 Å². The van der Waals surface area contributed by atoms with E-state index in [0.29, 0.717) is 58.7 Å². The van der Waals surface area contributed by atoms with Crippen LogP contribution in [0.25, 0.3) is 0 Å². The Kier molecular flexibility index (Phi) is 14.7. The van der Waals surface area contributed by atoms with Crippen molar-refractivity contribution in [3.63, 3.8) is 0 Å². The van der Waals surface area contributed by atoms with E-state index in [2.05, 4.69) is 24.1 Å². The van der Waals surface area contributed by atoms with Crippen LogP contribution in [0.5, 0.6) is 28.7 Å². The summed E-state index contributed by atoms with van der Waals surface area (Å²) in [5.74, 6) is 0.957. The van der Waals surface area contributed by atoms with Gasteiger partial charge in [0.25, 0.3) is 0 Å². The lowest BCUT2D eigenvalue weighted by atomic mass is 10.1. The van der Waals surface area contributed by atoms with Crippen LogP contribution in [0, 0.1) is 6.92 Å². The molecular weight excluding hydrogens is 620 g/mol. The van der Waals surface area contributed by atoms with Gasteiger partial charge in [0.05, 0.1) is 37.1 Å². The highest BCUT2D eigenvalue weighted by molar-refractivity contribution is 5.92. The Labute approximate surface area is 289 Å². The Morgan fingerprint density at radius 3 is 1.71 bits per heavy atom. The second-order valence-corrected chi connectivity index (χ2v) is 11.6. The van der Waals surface area contributed by atoms with Gasteiger partial charge in [-0.3, -0.25) is 0 Å². The van der Waals surface area contributed by atoms with Gasteiger partial charge in [-0.1, -0.05) is 70.1 Å². The highest BCUT2D eigenvalue weighted by Gasteiger charge is 2.21. The van der Waals surface area contributed by atoms with E-state index < -0.39 is 11.9 Å². The van der Waals surface area contributed by atoms with Crippen LogP contribution in [0.15, 0.2) is 95.2 Å². The number of hydrogen-bond acceptors (Lipinski definition) is 9. The molecule has 0 unspecified atom stereocenters. The number of azo groups is 1. The maximum Gasteiger partial charge on any atom is 0.343 e. The van der Waals surface area contributed by atoms with Crippen LogP contribution in [-0.2, 0) is 0 Å². The Balaban J connectivity index is 1.59. The SMILES string of the molecule is CCCCCCOc1c(N=Nc2ccc(OC(=O)c3ccc(C)cc3)cc2)ccc(OC(=O)c2ccc(OC)cc2)c1OCCCCCC. The smallest absolute Gasteiger partial charge is 0.343 e. The van der Waals surface area contributed by atoms with Gasteiger partial charge >= 0.3 is 11.9 Å². The molecule has 0 aliphatic heterocycles. The van der Waals surface area contributed by atoms with Crippen molar-refractivity contribution in [2.45, 2.75) is 72.1 Å². The molecule has 0 atom stereocenters. The second-order valence-electron chi connectivity index (χ2n) is 11.6. The molecule has 4 aromatic rings.